The molecular formula is C15H19NO3. The van der Waals surface area contributed by atoms with Crippen LogP contribution in [0.1, 0.15) is 40.7 Å². The normalized spacial score (nSPS) is 13.3. The van der Waals surface area contributed by atoms with Gasteiger partial charge in [-0.15, -0.1) is 0 Å². The standard InChI is InChI=1S/C15H19NO3/c17-14(10-16-8-2-5-15(18)19)13-7-6-11-3-1-4-12(11)9-13/h6-7,9,16H,1-5,8,10H2,(H,18,19). The Hall–Kier alpha value is -1.68. The molecule has 1 aromatic rings. The molecule has 0 bridgehead atoms. The number of Topliss-reactive ketones (excluding diaryl/α,β-unsaturated/α-hetero) is 1. The van der Waals surface area contributed by atoms with Gasteiger partial charge in [0.1, 0.15) is 0 Å². The number of aliphatic carboxylic acids is 1. The Balaban J connectivity index is 1.78. The maximum absolute atomic E-state index is 12.0. The van der Waals surface area contributed by atoms with Gasteiger partial charge in [0.25, 0.3) is 0 Å². The third kappa shape index (κ3) is 3.89. The van der Waals surface area contributed by atoms with Gasteiger partial charge in [-0.2, -0.15) is 0 Å². The van der Waals surface area contributed by atoms with E-state index in [9.17, 15) is 9.59 Å². The lowest BCUT2D eigenvalue weighted by Gasteiger charge is -2.05. The first kappa shape index (κ1) is 13.7. The second kappa shape index (κ2) is 6.48. The third-order valence-corrected chi connectivity index (χ3v) is 3.45. The van der Waals surface area contributed by atoms with Crippen molar-refractivity contribution in [2.45, 2.75) is 32.1 Å². The molecule has 19 heavy (non-hydrogen) atoms. The van der Waals surface area contributed by atoms with Crippen molar-refractivity contribution in [2.24, 2.45) is 0 Å². The van der Waals surface area contributed by atoms with E-state index in [2.05, 4.69) is 11.4 Å². The summed E-state index contributed by atoms with van der Waals surface area (Å²) in [5, 5.41) is 11.5. The van der Waals surface area contributed by atoms with Crippen molar-refractivity contribution in [3.8, 4) is 0 Å². The molecule has 0 unspecified atom stereocenters. The van der Waals surface area contributed by atoms with Crippen LogP contribution in [0.15, 0.2) is 18.2 Å². The Labute approximate surface area is 112 Å². The van der Waals surface area contributed by atoms with Gasteiger partial charge in [-0.25, -0.2) is 0 Å². The fraction of sp³-hybridized carbons (Fsp3) is 0.467. The summed E-state index contributed by atoms with van der Waals surface area (Å²) in [4.78, 5) is 22.3. The lowest BCUT2D eigenvalue weighted by atomic mass is 10.0. The van der Waals surface area contributed by atoms with Crippen LogP contribution in [0.3, 0.4) is 0 Å². The van der Waals surface area contributed by atoms with Gasteiger partial charge in [0.15, 0.2) is 5.78 Å². The number of hydrogen-bond acceptors (Lipinski definition) is 3. The quantitative estimate of drug-likeness (QED) is 0.580. The van der Waals surface area contributed by atoms with Gasteiger partial charge in [0.2, 0.25) is 0 Å². The van der Waals surface area contributed by atoms with E-state index < -0.39 is 5.97 Å². The lowest BCUT2D eigenvalue weighted by Crippen LogP contribution is -2.24. The number of ketones is 1. The van der Waals surface area contributed by atoms with Gasteiger partial charge in [-0.1, -0.05) is 12.1 Å². The second-order valence-corrected chi connectivity index (χ2v) is 4.93. The van der Waals surface area contributed by atoms with Crippen molar-refractivity contribution >= 4 is 11.8 Å². The first-order valence-corrected chi connectivity index (χ1v) is 6.74. The maximum atomic E-state index is 12.0. The van der Waals surface area contributed by atoms with Crippen LogP contribution >= 0.6 is 0 Å². The molecule has 4 heteroatoms. The first-order chi connectivity index (χ1) is 9.16. The lowest BCUT2D eigenvalue weighted by molar-refractivity contribution is -0.137. The molecule has 2 rings (SSSR count). The highest BCUT2D eigenvalue weighted by Gasteiger charge is 2.13. The van der Waals surface area contributed by atoms with Gasteiger partial charge in [0.05, 0.1) is 6.54 Å². The van der Waals surface area contributed by atoms with E-state index in [4.69, 9.17) is 5.11 Å². The van der Waals surface area contributed by atoms with Crippen LogP contribution in [0.25, 0.3) is 0 Å². The fourth-order valence-electron chi connectivity index (χ4n) is 2.41. The molecule has 0 radical (unpaired) electrons. The van der Waals surface area contributed by atoms with E-state index in [0.29, 0.717) is 13.0 Å². The average Bonchev–Trinajstić information content (AvgIpc) is 2.84. The molecule has 0 heterocycles. The largest absolute Gasteiger partial charge is 0.481 e. The summed E-state index contributed by atoms with van der Waals surface area (Å²) in [6.45, 7) is 0.835. The predicted octanol–water partition coefficient (Wildman–Crippen LogP) is 1.81. The molecule has 1 aliphatic carbocycles. The highest BCUT2D eigenvalue weighted by atomic mass is 16.4. The van der Waals surface area contributed by atoms with E-state index >= 15 is 0 Å². The van der Waals surface area contributed by atoms with Crippen LogP contribution in [0, 0.1) is 0 Å². The van der Waals surface area contributed by atoms with Crippen molar-refractivity contribution in [3.63, 3.8) is 0 Å². The second-order valence-electron chi connectivity index (χ2n) is 4.93. The fourth-order valence-corrected chi connectivity index (χ4v) is 2.41. The van der Waals surface area contributed by atoms with E-state index in [0.717, 1.165) is 18.4 Å². The summed E-state index contributed by atoms with van der Waals surface area (Å²) in [5.41, 5.74) is 3.43. The number of benzene rings is 1. The number of nitrogens with one attached hydrogen (secondary N) is 1. The van der Waals surface area contributed by atoms with Crippen molar-refractivity contribution in [1.29, 1.82) is 0 Å². The minimum absolute atomic E-state index is 0.0741. The summed E-state index contributed by atoms with van der Waals surface area (Å²) in [6, 6.07) is 5.95. The summed E-state index contributed by atoms with van der Waals surface area (Å²) in [6.07, 6.45) is 4.06. The van der Waals surface area contributed by atoms with Crippen molar-refractivity contribution < 1.29 is 14.7 Å². The topological polar surface area (TPSA) is 66.4 Å². The third-order valence-electron chi connectivity index (χ3n) is 3.45. The molecule has 0 amide bonds. The van der Waals surface area contributed by atoms with Gasteiger partial charge >= 0.3 is 5.97 Å². The number of carbonyl (C=O) groups excluding carboxylic acids is 1. The Bertz CT molecular complexity index is 482. The summed E-state index contributed by atoms with van der Waals surface area (Å²) < 4.78 is 0. The van der Waals surface area contributed by atoms with Crippen LogP contribution in [-0.4, -0.2) is 29.9 Å². The molecule has 0 spiro atoms. The van der Waals surface area contributed by atoms with Gasteiger partial charge in [-0.3, -0.25) is 9.59 Å². The van der Waals surface area contributed by atoms with Crippen LogP contribution in [0.2, 0.25) is 0 Å². The van der Waals surface area contributed by atoms with E-state index in [1.54, 1.807) is 0 Å². The average molecular weight is 261 g/mol. The predicted molar refractivity (Wildman–Crippen MR) is 72.5 cm³/mol. The molecule has 102 valence electrons. The van der Waals surface area contributed by atoms with Crippen molar-refractivity contribution in [2.75, 3.05) is 13.1 Å². The molecule has 0 saturated heterocycles. The number of aryl methyl sites for hydroxylation is 2. The smallest absolute Gasteiger partial charge is 0.303 e. The van der Waals surface area contributed by atoms with Gasteiger partial charge in [-0.05, 0) is 49.4 Å². The van der Waals surface area contributed by atoms with Crippen molar-refractivity contribution in [1.82, 2.24) is 5.32 Å². The molecule has 4 nitrogen and oxygen atoms in total. The van der Waals surface area contributed by atoms with Crippen LogP contribution < -0.4 is 5.32 Å². The number of carboxylic acids is 1. The zero-order chi connectivity index (χ0) is 13.7. The SMILES string of the molecule is O=C(O)CCCNCC(=O)c1ccc2c(c1)CCC2. The minimum atomic E-state index is -0.799. The molecule has 1 aliphatic rings. The summed E-state index contributed by atoms with van der Waals surface area (Å²) in [5.74, 6) is -0.725. The van der Waals surface area contributed by atoms with Crippen LogP contribution in [0.5, 0.6) is 0 Å². The summed E-state index contributed by atoms with van der Waals surface area (Å²) in [7, 11) is 0. The number of carboxylic acid groups (broad SMARTS) is 1. The highest BCUT2D eigenvalue weighted by Crippen LogP contribution is 2.22. The number of rotatable bonds is 7. The van der Waals surface area contributed by atoms with Gasteiger partial charge in [0, 0.05) is 12.0 Å². The molecule has 0 aliphatic heterocycles. The molecule has 0 saturated carbocycles. The van der Waals surface area contributed by atoms with Crippen LogP contribution in [-0.2, 0) is 17.6 Å². The monoisotopic (exact) mass is 261 g/mol. The minimum Gasteiger partial charge on any atom is -0.481 e. The Morgan fingerprint density at radius 3 is 2.79 bits per heavy atom. The zero-order valence-corrected chi connectivity index (χ0v) is 10.9. The molecule has 1 aromatic carbocycles. The molecule has 0 atom stereocenters. The van der Waals surface area contributed by atoms with Gasteiger partial charge < -0.3 is 10.4 Å². The molecule has 0 aromatic heterocycles. The molecule has 0 fully saturated rings. The van der Waals surface area contributed by atoms with E-state index in [1.807, 2.05) is 12.1 Å². The molecular weight excluding hydrogens is 242 g/mol. The highest BCUT2D eigenvalue weighted by molar-refractivity contribution is 5.97. The number of hydrogen-bond donors (Lipinski definition) is 2. The van der Waals surface area contributed by atoms with Crippen LogP contribution in [0.4, 0.5) is 0 Å². The van der Waals surface area contributed by atoms with Crippen molar-refractivity contribution in [3.05, 3.63) is 34.9 Å². The number of fused-ring (bicyclic) bond motifs is 1. The number of carbonyl (C=O) groups is 2. The summed E-state index contributed by atoms with van der Waals surface area (Å²) >= 11 is 0. The zero-order valence-electron chi connectivity index (χ0n) is 10.9. The Kier molecular flexibility index (Phi) is 4.68. The molecule has 2 N–H and O–H groups in total. The maximum Gasteiger partial charge on any atom is 0.303 e. The van der Waals surface area contributed by atoms with E-state index in [-0.39, 0.29) is 18.7 Å². The Morgan fingerprint density at radius 1 is 1.21 bits per heavy atom. The Morgan fingerprint density at radius 2 is 2.00 bits per heavy atom. The van der Waals surface area contributed by atoms with E-state index in [1.165, 1.54) is 17.5 Å². The first-order valence-electron chi connectivity index (χ1n) is 6.74.